The molecule has 2 rings (SSSR count). The molecule has 0 amide bonds. The summed E-state index contributed by atoms with van der Waals surface area (Å²) in [7, 11) is 0. The lowest BCUT2D eigenvalue weighted by atomic mass is 9.91. The van der Waals surface area contributed by atoms with Crippen LogP contribution in [0, 0.1) is 13.8 Å². The second-order valence-electron chi connectivity index (χ2n) is 4.27. The van der Waals surface area contributed by atoms with Gasteiger partial charge >= 0.3 is 0 Å². The molecule has 1 aromatic carbocycles. The molecule has 0 saturated heterocycles. The van der Waals surface area contributed by atoms with Crippen molar-refractivity contribution in [2.75, 3.05) is 0 Å². The summed E-state index contributed by atoms with van der Waals surface area (Å²) in [6.45, 7) is 4.26. The molecule has 1 aliphatic carbocycles. The average molecular weight is 200 g/mol. The predicted molar refractivity (Wildman–Crippen MR) is 62.8 cm³/mol. The van der Waals surface area contributed by atoms with Crippen LogP contribution in [0.25, 0.3) is 5.57 Å². The van der Waals surface area contributed by atoms with Crippen molar-refractivity contribution in [3.8, 4) is 0 Å². The molecule has 0 radical (unpaired) electrons. The van der Waals surface area contributed by atoms with E-state index in [1.54, 1.807) is 0 Å². The molecule has 1 heteroatoms. The third-order valence-electron chi connectivity index (χ3n) is 3.13. The number of Topliss-reactive ketones (excluding diaryl/α,β-unsaturated/α-hetero) is 1. The van der Waals surface area contributed by atoms with Crippen LogP contribution >= 0.6 is 0 Å². The molecular weight excluding hydrogens is 184 g/mol. The van der Waals surface area contributed by atoms with Gasteiger partial charge in [-0.2, -0.15) is 0 Å². The minimum atomic E-state index is 0.364. The van der Waals surface area contributed by atoms with Crippen LogP contribution < -0.4 is 0 Å². The molecule has 0 aromatic heterocycles. The Morgan fingerprint density at radius 2 is 1.87 bits per heavy atom. The number of carbonyl (C=O) groups excluding carboxylic acids is 1. The van der Waals surface area contributed by atoms with Crippen LogP contribution in [0.3, 0.4) is 0 Å². The molecule has 0 N–H and O–H groups in total. The maximum absolute atomic E-state index is 11.1. The van der Waals surface area contributed by atoms with E-state index in [-0.39, 0.29) is 0 Å². The van der Waals surface area contributed by atoms with E-state index in [1.165, 1.54) is 22.3 Å². The van der Waals surface area contributed by atoms with E-state index >= 15 is 0 Å². The Kier molecular flexibility index (Phi) is 2.72. The Hall–Kier alpha value is -1.37. The van der Waals surface area contributed by atoms with Crippen LogP contribution in [-0.4, -0.2) is 5.78 Å². The van der Waals surface area contributed by atoms with Crippen molar-refractivity contribution >= 4 is 11.4 Å². The van der Waals surface area contributed by atoms with Crippen molar-refractivity contribution in [2.45, 2.75) is 33.1 Å². The molecule has 0 heterocycles. The molecule has 0 bridgehead atoms. The van der Waals surface area contributed by atoms with Gasteiger partial charge in [-0.05, 0) is 42.5 Å². The smallest absolute Gasteiger partial charge is 0.137 e. The normalized spacial score (nSPS) is 16.4. The number of ketones is 1. The van der Waals surface area contributed by atoms with E-state index in [2.05, 4.69) is 38.1 Å². The van der Waals surface area contributed by atoms with Gasteiger partial charge in [-0.1, -0.05) is 24.3 Å². The third kappa shape index (κ3) is 2.17. The van der Waals surface area contributed by atoms with Crippen molar-refractivity contribution < 1.29 is 4.79 Å². The summed E-state index contributed by atoms with van der Waals surface area (Å²) in [6, 6.07) is 6.53. The zero-order valence-corrected chi connectivity index (χ0v) is 9.34. The molecule has 15 heavy (non-hydrogen) atoms. The zero-order valence-electron chi connectivity index (χ0n) is 9.34. The number of carbonyl (C=O) groups is 1. The Morgan fingerprint density at radius 1 is 1.07 bits per heavy atom. The van der Waals surface area contributed by atoms with Crippen LogP contribution in [0.5, 0.6) is 0 Å². The van der Waals surface area contributed by atoms with E-state index in [4.69, 9.17) is 0 Å². The third-order valence-corrected chi connectivity index (χ3v) is 3.13. The Balaban J connectivity index is 2.30. The summed E-state index contributed by atoms with van der Waals surface area (Å²) >= 11 is 0. The van der Waals surface area contributed by atoms with E-state index in [9.17, 15) is 4.79 Å². The summed E-state index contributed by atoms with van der Waals surface area (Å²) in [5.41, 5.74) is 5.26. The van der Waals surface area contributed by atoms with Crippen molar-refractivity contribution in [2.24, 2.45) is 0 Å². The van der Waals surface area contributed by atoms with Crippen molar-refractivity contribution in [1.82, 2.24) is 0 Å². The van der Waals surface area contributed by atoms with Crippen LogP contribution in [0.1, 0.15) is 36.0 Å². The topological polar surface area (TPSA) is 17.1 Å². The molecule has 0 atom stereocenters. The average Bonchev–Trinajstić information content (AvgIpc) is 2.23. The fourth-order valence-electron chi connectivity index (χ4n) is 1.92. The number of hydrogen-bond donors (Lipinski definition) is 0. The Labute approximate surface area is 90.8 Å². The quantitative estimate of drug-likeness (QED) is 0.678. The minimum absolute atomic E-state index is 0.364. The van der Waals surface area contributed by atoms with E-state index < -0.39 is 0 Å². The first kappa shape index (κ1) is 10.2. The zero-order chi connectivity index (χ0) is 10.8. The molecule has 0 fully saturated rings. The predicted octanol–water partition coefficient (Wildman–Crippen LogP) is 3.44. The number of aryl methyl sites for hydroxylation is 2. The van der Waals surface area contributed by atoms with Gasteiger partial charge in [0.25, 0.3) is 0 Å². The summed E-state index contributed by atoms with van der Waals surface area (Å²) in [5.74, 6) is 0.364. The molecule has 78 valence electrons. The Bertz CT molecular complexity index is 427. The van der Waals surface area contributed by atoms with Crippen LogP contribution in [0.4, 0.5) is 0 Å². The van der Waals surface area contributed by atoms with Crippen LogP contribution in [-0.2, 0) is 4.79 Å². The highest BCUT2D eigenvalue weighted by Gasteiger charge is 2.11. The summed E-state index contributed by atoms with van der Waals surface area (Å²) in [5, 5.41) is 0. The van der Waals surface area contributed by atoms with E-state index in [0.29, 0.717) is 18.6 Å². The monoisotopic (exact) mass is 200 g/mol. The maximum atomic E-state index is 11.1. The SMILES string of the molecule is Cc1ccc(C2=CCC(=O)CC2)cc1C. The van der Waals surface area contributed by atoms with E-state index in [1.807, 2.05) is 0 Å². The molecule has 0 unspecified atom stereocenters. The first-order valence-electron chi connectivity index (χ1n) is 5.45. The van der Waals surface area contributed by atoms with Gasteiger partial charge in [0.15, 0.2) is 0 Å². The number of benzene rings is 1. The second-order valence-corrected chi connectivity index (χ2v) is 4.27. The molecule has 1 aliphatic rings. The molecular formula is C14H16O. The first-order valence-corrected chi connectivity index (χ1v) is 5.45. The van der Waals surface area contributed by atoms with Crippen molar-refractivity contribution in [3.63, 3.8) is 0 Å². The van der Waals surface area contributed by atoms with Gasteiger partial charge in [-0.3, -0.25) is 4.79 Å². The summed E-state index contributed by atoms with van der Waals surface area (Å²) < 4.78 is 0. The van der Waals surface area contributed by atoms with Crippen LogP contribution in [0.2, 0.25) is 0 Å². The maximum Gasteiger partial charge on any atom is 0.137 e. The number of rotatable bonds is 1. The highest BCUT2D eigenvalue weighted by molar-refractivity contribution is 5.86. The summed E-state index contributed by atoms with van der Waals surface area (Å²) in [4.78, 5) is 11.1. The molecule has 1 aromatic rings. The van der Waals surface area contributed by atoms with Gasteiger partial charge in [0.2, 0.25) is 0 Å². The lowest BCUT2D eigenvalue weighted by Gasteiger charge is -2.13. The molecule has 1 nitrogen and oxygen atoms in total. The fourth-order valence-corrected chi connectivity index (χ4v) is 1.92. The van der Waals surface area contributed by atoms with Crippen molar-refractivity contribution in [3.05, 3.63) is 41.0 Å². The molecule has 0 spiro atoms. The van der Waals surface area contributed by atoms with Gasteiger partial charge in [0.05, 0.1) is 0 Å². The van der Waals surface area contributed by atoms with Crippen molar-refractivity contribution in [1.29, 1.82) is 0 Å². The molecule has 0 saturated carbocycles. The highest BCUT2D eigenvalue weighted by atomic mass is 16.1. The fraction of sp³-hybridized carbons (Fsp3) is 0.357. The number of hydrogen-bond acceptors (Lipinski definition) is 1. The van der Waals surface area contributed by atoms with Crippen LogP contribution in [0.15, 0.2) is 24.3 Å². The highest BCUT2D eigenvalue weighted by Crippen LogP contribution is 2.26. The van der Waals surface area contributed by atoms with Gasteiger partial charge < -0.3 is 0 Å². The lowest BCUT2D eigenvalue weighted by molar-refractivity contribution is -0.118. The lowest BCUT2D eigenvalue weighted by Crippen LogP contribution is -2.03. The standard InChI is InChI=1S/C14H16O/c1-10-3-4-13(9-11(10)2)12-5-7-14(15)8-6-12/h3-5,9H,6-8H2,1-2H3. The largest absolute Gasteiger partial charge is 0.299 e. The minimum Gasteiger partial charge on any atom is -0.299 e. The van der Waals surface area contributed by atoms with E-state index in [0.717, 1.165) is 6.42 Å². The summed E-state index contributed by atoms with van der Waals surface area (Å²) in [6.07, 6.45) is 4.30. The van der Waals surface area contributed by atoms with Gasteiger partial charge in [0.1, 0.15) is 5.78 Å². The Morgan fingerprint density at radius 3 is 2.47 bits per heavy atom. The second kappa shape index (κ2) is 4.01. The molecule has 0 aliphatic heterocycles. The van der Waals surface area contributed by atoms with Gasteiger partial charge in [-0.15, -0.1) is 0 Å². The van der Waals surface area contributed by atoms with Gasteiger partial charge in [0, 0.05) is 12.8 Å². The number of allylic oxidation sites excluding steroid dienone is 2. The van der Waals surface area contributed by atoms with Gasteiger partial charge in [-0.25, -0.2) is 0 Å². The first-order chi connectivity index (χ1) is 7.16.